The number of aliphatic hydroxyl groups is 1. The molecule has 1 saturated heterocycles. The van der Waals surface area contributed by atoms with E-state index in [1.54, 1.807) is 0 Å². The van der Waals surface area contributed by atoms with Crippen molar-refractivity contribution in [3.63, 3.8) is 0 Å². The van der Waals surface area contributed by atoms with Gasteiger partial charge in [0.25, 0.3) is 0 Å². The number of hydrogen-bond acceptors (Lipinski definition) is 5. The highest BCUT2D eigenvalue weighted by molar-refractivity contribution is 6.17. The second kappa shape index (κ2) is 8.48. The molecule has 5 nitrogen and oxygen atoms in total. The van der Waals surface area contributed by atoms with Gasteiger partial charge in [-0.2, -0.15) is 0 Å². The van der Waals surface area contributed by atoms with Gasteiger partial charge in [-0.3, -0.25) is 4.79 Å². The van der Waals surface area contributed by atoms with E-state index in [9.17, 15) is 9.90 Å². The lowest BCUT2D eigenvalue weighted by Gasteiger charge is -2.61. The highest BCUT2D eigenvalue weighted by atomic mass is 35.5. The summed E-state index contributed by atoms with van der Waals surface area (Å²) in [4.78, 5) is 13.9. The van der Waals surface area contributed by atoms with E-state index < -0.39 is 11.9 Å². The standard InChI is InChI=1S/C26H41ClO5/c1-24-15-21(30-10-4-9-27)19(28)13-16(24)5-6-17-18-7-8-22(26(3)31-11-12-32-26)25(18,2)14-20(29)23(17)24/h16-19,21-23,28H,4-15H2,1-3H3/t16-,17-,18-,19-,21-,22-,23+,24-,25-/m0/s1. The van der Waals surface area contributed by atoms with E-state index in [1.807, 2.05) is 0 Å². The van der Waals surface area contributed by atoms with Crippen molar-refractivity contribution in [2.75, 3.05) is 25.7 Å². The van der Waals surface area contributed by atoms with Crippen molar-refractivity contribution >= 4 is 17.4 Å². The van der Waals surface area contributed by atoms with Gasteiger partial charge >= 0.3 is 0 Å². The van der Waals surface area contributed by atoms with Crippen LogP contribution in [-0.2, 0) is 19.0 Å². The molecule has 0 aromatic carbocycles. The van der Waals surface area contributed by atoms with Crippen LogP contribution < -0.4 is 0 Å². The number of alkyl halides is 1. The summed E-state index contributed by atoms with van der Waals surface area (Å²) < 4.78 is 18.3. The quantitative estimate of drug-likeness (QED) is 0.473. The van der Waals surface area contributed by atoms with Crippen LogP contribution in [-0.4, -0.2) is 54.6 Å². The summed E-state index contributed by atoms with van der Waals surface area (Å²) in [7, 11) is 0. The number of aliphatic hydroxyl groups excluding tert-OH is 1. The molecule has 5 fully saturated rings. The zero-order valence-electron chi connectivity index (χ0n) is 20.0. The van der Waals surface area contributed by atoms with Gasteiger partial charge < -0.3 is 19.3 Å². The zero-order chi connectivity index (χ0) is 22.7. The smallest absolute Gasteiger partial charge is 0.169 e. The minimum atomic E-state index is -0.548. The summed E-state index contributed by atoms with van der Waals surface area (Å²) in [6, 6.07) is 0. The maximum Gasteiger partial charge on any atom is 0.169 e. The van der Waals surface area contributed by atoms with Gasteiger partial charge in [0, 0.05) is 30.7 Å². The Balaban J connectivity index is 1.40. The first kappa shape index (κ1) is 23.5. The van der Waals surface area contributed by atoms with E-state index in [0.717, 1.165) is 44.9 Å². The number of Topliss-reactive ketones (excluding diaryl/α,β-unsaturated/α-hetero) is 1. The lowest BCUT2D eigenvalue weighted by Crippen LogP contribution is -2.61. The molecular formula is C26H41ClO5. The van der Waals surface area contributed by atoms with E-state index in [-0.39, 0.29) is 28.8 Å². The van der Waals surface area contributed by atoms with E-state index in [0.29, 0.717) is 55.7 Å². The molecule has 0 spiro atoms. The molecule has 0 unspecified atom stereocenters. The Hall–Kier alpha value is -0.200. The van der Waals surface area contributed by atoms with Gasteiger partial charge in [-0.25, -0.2) is 0 Å². The van der Waals surface area contributed by atoms with Crippen LogP contribution in [0.1, 0.15) is 72.1 Å². The predicted molar refractivity (Wildman–Crippen MR) is 122 cm³/mol. The van der Waals surface area contributed by atoms with Gasteiger partial charge in [0.1, 0.15) is 5.78 Å². The fourth-order valence-electron chi connectivity index (χ4n) is 9.13. The summed E-state index contributed by atoms with van der Waals surface area (Å²) in [5.41, 5.74) is -0.139. The predicted octanol–water partition coefficient (Wildman–Crippen LogP) is 4.57. The third-order valence-electron chi connectivity index (χ3n) is 10.4. The highest BCUT2D eigenvalue weighted by Crippen LogP contribution is 2.68. The highest BCUT2D eigenvalue weighted by Gasteiger charge is 2.66. The molecule has 0 amide bonds. The molecule has 4 saturated carbocycles. The number of fused-ring (bicyclic) bond motifs is 5. The van der Waals surface area contributed by atoms with Crippen molar-refractivity contribution in [3.8, 4) is 0 Å². The first-order valence-corrected chi connectivity index (χ1v) is 13.4. The van der Waals surface area contributed by atoms with Crippen LogP contribution in [0, 0.1) is 40.4 Å². The van der Waals surface area contributed by atoms with Gasteiger partial charge in [-0.15, -0.1) is 11.6 Å². The molecule has 5 rings (SSSR count). The molecule has 0 aromatic heterocycles. The Kier molecular flexibility index (Phi) is 6.24. The number of ketones is 1. The Morgan fingerprint density at radius 3 is 2.56 bits per heavy atom. The average molecular weight is 469 g/mol. The second-order valence-corrected chi connectivity index (χ2v) is 12.4. The number of halogens is 1. The van der Waals surface area contributed by atoms with Crippen molar-refractivity contribution in [3.05, 3.63) is 0 Å². The maximum atomic E-state index is 13.9. The van der Waals surface area contributed by atoms with Gasteiger partial charge in [-0.1, -0.05) is 13.8 Å². The Labute approximate surface area is 197 Å². The second-order valence-electron chi connectivity index (χ2n) is 12.0. The summed E-state index contributed by atoms with van der Waals surface area (Å²) in [6.07, 6.45) is 6.80. The van der Waals surface area contributed by atoms with Crippen molar-refractivity contribution < 1.29 is 24.1 Å². The molecular weight excluding hydrogens is 428 g/mol. The molecule has 0 bridgehead atoms. The van der Waals surface area contributed by atoms with Crippen LogP contribution in [0.2, 0.25) is 0 Å². The average Bonchev–Trinajstić information content (AvgIpc) is 3.32. The van der Waals surface area contributed by atoms with Crippen LogP contribution in [0.25, 0.3) is 0 Å². The first-order chi connectivity index (χ1) is 15.2. The minimum Gasteiger partial charge on any atom is -0.390 e. The molecule has 1 aliphatic heterocycles. The number of rotatable bonds is 5. The fourth-order valence-corrected chi connectivity index (χ4v) is 9.23. The van der Waals surface area contributed by atoms with Gasteiger partial charge in [0.2, 0.25) is 0 Å². The van der Waals surface area contributed by atoms with E-state index in [1.165, 1.54) is 0 Å². The van der Waals surface area contributed by atoms with Gasteiger partial charge in [0.05, 0.1) is 25.4 Å². The summed E-state index contributed by atoms with van der Waals surface area (Å²) in [5, 5.41) is 10.8. The topological polar surface area (TPSA) is 65.0 Å². The van der Waals surface area contributed by atoms with Crippen molar-refractivity contribution in [1.82, 2.24) is 0 Å². The summed E-state index contributed by atoms with van der Waals surface area (Å²) in [6.45, 7) is 8.65. The summed E-state index contributed by atoms with van der Waals surface area (Å²) >= 11 is 5.83. The molecule has 0 aromatic rings. The van der Waals surface area contributed by atoms with E-state index >= 15 is 0 Å². The van der Waals surface area contributed by atoms with Crippen LogP contribution in [0.5, 0.6) is 0 Å². The van der Waals surface area contributed by atoms with Crippen LogP contribution in [0.15, 0.2) is 0 Å². The molecule has 0 radical (unpaired) electrons. The Bertz CT molecular complexity index is 723. The van der Waals surface area contributed by atoms with Gasteiger partial charge in [-0.05, 0) is 80.5 Å². The number of carbonyl (C=O) groups excluding carboxylic acids is 1. The number of carbonyl (C=O) groups is 1. The molecule has 6 heteroatoms. The van der Waals surface area contributed by atoms with E-state index in [2.05, 4.69) is 20.8 Å². The lowest BCUT2D eigenvalue weighted by atomic mass is 9.44. The van der Waals surface area contributed by atoms with Crippen molar-refractivity contribution in [2.45, 2.75) is 90.1 Å². The maximum absolute atomic E-state index is 13.9. The summed E-state index contributed by atoms with van der Waals surface area (Å²) in [5.74, 6) is 2.19. The molecule has 1 heterocycles. The van der Waals surface area contributed by atoms with Crippen molar-refractivity contribution in [2.24, 2.45) is 40.4 Å². The number of hydrogen-bond donors (Lipinski definition) is 1. The third-order valence-corrected chi connectivity index (χ3v) is 10.7. The molecule has 32 heavy (non-hydrogen) atoms. The van der Waals surface area contributed by atoms with Crippen LogP contribution in [0.4, 0.5) is 0 Å². The fraction of sp³-hybridized carbons (Fsp3) is 0.962. The Morgan fingerprint density at radius 2 is 1.84 bits per heavy atom. The van der Waals surface area contributed by atoms with Crippen LogP contribution in [0.3, 0.4) is 0 Å². The molecule has 5 aliphatic rings. The SMILES string of the molecule is CC1([C@H]2CC[C@H]3[C@@H]4CC[C@H]5C[C@H](O)[C@@H](OCCCCl)C[C@]5(C)[C@H]4C(=O)C[C@]23C)OCCO1. The minimum absolute atomic E-state index is 0.0506. The lowest BCUT2D eigenvalue weighted by molar-refractivity contribution is -0.219. The van der Waals surface area contributed by atoms with Crippen LogP contribution >= 0.6 is 11.6 Å². The number of ether oxygens (including phenoxy) is 3. The Morgan fingerprint density at radius 1 is 1.09 bits per heavy atom. The largest absolute Gasteiger partial charge is 0.390 e. The molecule has 1 N–H and O–H groups in total. The zero-order valence-corrected chi connectivity index (χ0v) is 20.7. The molecule has 182 valence electrons. The monoisotopic (exact) mass is 468 g/mol. The molecule has 9 atom stereocenters. The first-order valence-electron chi connectivity index (χ1n) is 12.9. The van der Waals surface area contributed by atoms with Gasteiger partial charge in [0.15, 0.2) is 5.79 Å². The van der Waals surface area contributed by atoms with Crippen molar-refractivity contribution in [1.29, 1.82) is 0 Å². The van der Waals surface area contributed by atoms with E-state index in [4.69, 9.17) is 25.8 Å². The normalized spacial score (nSPS) is 50.0. The third kappa shape index (κ3) is 3.52. The molecule has 4 aliphatic carbocycles.